The zero-order chi connectivity index (χ0) is 12.1. The summed E-state index contributed by atoms with van der Waals surface area (Å²) in [4.78, 5) is 0. The molecule has 1 saturated heterocycles. The number of rotatable bonds is 4. The topological polar surface area (TPSA) is 12.0 Å². The first kappa shape index (κ1) is 12.9. The lowest BCUT2D eigenvalue weighted by atomic mass is 9.99. The Morgan fingerprint density at radius 3 is 3.00 bits per heavy atom. The minimum absolute atomic E-state index is 0.131. The summed E-state index contributed by atoms with van der Waals surface area (Å²) in [5.74, 6) is 1.14. The molecule has 2 unspecified atom stereocenters. The van der Waals surface area contributed by atoms with E-state index in [0.717, 1.165) is 12.0 Å². The van der Waals surface area contributed by atoms with Gasteiger partial charge in [-0.15, -0.1) is 0 Å². The molecule has 1 nitrogen and oxygen atoms in total. The van der Waals surface area contributed by atoms with Crippen molar-refractivity contribution in [2.45, 2.75) is 37.0 Å². The van der Waals surface area contributed by atoms with Crippen molar-refractivity contribution >= 4 is 11.8 Å². The van der Waals surface area contributed by atoms with E-state index in [1.807, 2.05) is 13.1 Å². The van der Waals surface area contributed by atoms with Gasteiger partial charge in [0.2, 0.25) is 0 Å². The van der Waals surface area contributed by atoms with Crippen molar-refractivity contribution in [3.05, 3.63) is 35.6 Å². The standard InChI is InChI=1S/C14H20FNS/c1-16-13(14-7-2-3-8-17-14)10-11-5-4-6-12(15)9-11/h4-6,9,13-14,16H,2-3,7-8,10H2,1H3. The first-order chi connectivity index (χ1) is 8.29. The maximum absolute atomic E-state index is 13.1. The van der Waals surface area contributed by atoms with E-state index in [2.05, 4.69) is 17.1 Å². The van der Waals surface area contributed by atoms with Crippen LogP contribution in [0.4, 0.5) is 4.39 Å². The van der Waals surface area contributed by atoms with E-state index in [0.29, 0.717) is 11.3 Å². The third-order valence-corrected chi connectivity index (χ3v) is 4.90. The summed E-state index contributed by atoms with van der Waals surface area (Å²) in [6.07, 6.45) is 4.88. The molecule has 0 bridgehead atoms. The van der Waals surface area contributed by atoms with E-state index in [1.54, 1.807) is 12.1 Å². The number of hydrogen-bond donors (Lipinski definition) is 1. The number of halogens is 1. The van der Waals surface area contributed by atoms with Crippen molar-refractivity contribution in [1.29, 1.82) is 0 Å². The predicted molar refractivity (Wildman–Crippen MR) is 73.0 cm³/mol. The number of likely N-dealkylation sites (N-methyl/N-ethyl adjacent to an activating group) is 1. The Labute approximate surface area is 107 Å². The lowest BCUT2D eigenvalue weighted by Crippen LogP contribution is -2.39. The van der Waals surface area contributed by atoms with Crippen LogP contribution in [0.5, 0.6) is 0 Å². The monoisotopic (exact) mass is 253 g/mol. The first-order valence-electron chi connectivity index (χ1n) is 6.33. The third-order valence-electron chi connectivity index (χ3n) is 3.38. The van der Waals surface area contributed by atoms with Crippen LogP contribution in [-0.2, 0) is 6.42 Å². The van der Waals surface area contributed by atoms with Crippen molar-refractivity contribution in [2.75, 3.05) is 12.8 Å². The molecular formula is C14H20FNS. The van der Waals surface area contributed by atoms with Gasteiger partial charge in [0, 0.05) is 11.3 Å². The highest BCUT2D eigenvalue weighted by molar-refractivity contribution is 8.00. The second-order valence-electron chi connectivity index (χ2n) is 4.63. The number of thioether (sulfide) groups is 1. The number of nitrogens with one attached hydrogen (secondary N) is 1. The Kier molecular flexibility index (Phi) is 4.86. The molecule has 1 fully saturated rings. The van der Waals surface area contributed by atoms with Crippen LogP contribution in [0.3, 0.4) is 0 Å². The number of benzene rings is 1. The average molecular weight is 253 g/mol. The van der Waals surface area contributed by atoms with Gasteiger partial charge in [-0.25, -0.2) is 4.39 Å². The van der Waals surface area contributed by atoms with Gasteiger partial charge in [0.1, 0.15) is 5.82 Å². The second-order valence-corrected chi connectivity index (χ2v) is 5.98. The van der Waals surface area contributed by atoms with E-state index in [4.69, 9.17) is 0 Å². The first-order valence-corrected chi connectivity index (χ1v) is 7.38. The Bertz CT molecular complexity index is 350. The number of hydrogen-bond acceptors (Lipinski definition) is 2. The van der Waals surface area contributed by atoms with Crippen molar-refractivity contribution in [3.8, 4) is 0 Å². The van der Waals surface area contributed by atoms with Gasteiger partial charge in [-0.3, -0.25) is 0 Å². The molecule has 1 aliphatic rings. The van der Waals surface area contributed by atoms with Crippen LogP contribution < -0.4 is 5.32 Å². The molecule has 0 saturated carbocycles. The Morgan fingerprint density at radius 1 is 1.47 bits per heavy atom. The van der Waals surface area contributed by atoms with E-state index in [-0.39, 0.29) is 5.82 Å². The quantitative estimate of drug-likeness (QED) is 0.884. The second kappa shape index (κ2) is 6.41. The molecule has 1 aromatic rings. The molecule has 1 aromatic carbocycles. The molecule has 0 radical (unpaired) electrons. The molecule has 0 aromatic heterocycles. The lowest BCUT2D eigenvalue weighted by molar-refractivity contribution is 0.493. The van der Waals surface area contributed by atoms with Gasteiger partial charge < -0.3 is 5.32 Å². The minimum Gasteiger partial charge on any atom is -0.316 e. The van der Waals surface area contributed by atoms with Crippen LogP contribution in [0.25, 0.3) is 0 Å². The summed E-state index contributed by atoms with van der Waals surface area (Å²) in [6.45, 7) is 0. The van der Waals surface area contributed by atoms with Gasteiger partial charge in [0.25, 0.3) is 0 Å². The fourth-order valence-electron chi connectivity index (χ4n) is 2.42. The summed E-state index contributed by atoms with van der Waals surface area (Å²) in [5.41, 5.74) is 1.09. The summed E-state index contributed by atoms with van der Waals surface area (Å²) >= 11 is 2.06. The maximum Gasteiger partial charge on any atom is 0.123 e. The maximum atomic E-state index is 13.1. The molecule has 2 rings (SSSR count). The van der Waals surface area contributed by atoms with Crippen LogP contribution in [0.2, 0.25) is 0 Å². The lowest BCUT2D eigenvalue weighted by Gasteiger charge is -2.29. The van der Waals surface area contributed by atoms with Crippen molar-refractivity contribution in [3.63, 3.8) is 0 Å². The largest absolute Gasteiger partial charge is 0.316 e. The summed E-state index contributed by atoms with van der Waals surface area (Å²) in [7, 11) is 2.01. The van der Waals surface area contributed by atoms with Crippen LogP contribution in [0, 0.1) is 5.82 Å². The molecule has 17 heavy (non-hydrogen) atoms. The summed E-state index contributed by atoms with van der Waals surface area (Å²) in [5, 5.41) is 4.07. The Morgan fingerprint density at radius 2 is 2.35 bits per heavy atom. The van der Waals surface area contributed by atoms with Crippen LogP contribution >= 0.6 is 11.8 Å². The SMILES string of the molecule is CNC(Cc1cccc(F)c1)C1CCCCS1. The summed E-state index contributed by atoms with van der Waals surface area (Å²) in [6, 6.07) is 7.43. The highest BCUT2D eigenvalue weighted by Crippen LogP contribution is 2.28. The van der Waals surface area contributed by atoms with Crippen LogP contribution in [0.1, 0.15) is 24.8 Å². The molecule has 1 N–H and O–H groups in total. The summed E-state index contributed by atoms with van der Waals surface area (Å²) < 4.78 is 13.1. The van der Waals surface area contributed by atoms with Crippen molar-refractivity contribution in [2.24, 2.45) is 0 Å². The third kappa shape index (κ3) is 3.71. The molecule has 3 heteroatoms. The Balaban J connectivity index is 1.98. The van der Waals surface area contributed by atoms with E-state index >= 15 is 0 Å². The van der Waals surface area contributed by atoms with Gasteiger partial charge in [0.05, 0.1) is 0 Å². The molecule has 1 aliphatic heterocycles. The smallest absolute Gasteiger partial charge is 0.123 e. The zero-order valence-electron chi connectivity index (χ0n) is 10.3. The molecule has 0 spiro atoms. The van der Waals surface area contributed by atoms with Gasteiger partial charge in [0.15, 0.2) is 0 Å². The van der Waals surface area contributed by atoms with Gasteiger partial charge in [-0.05, 0) is 49.8 Å². The van der Waals surface area contributed by atoms with Crippen molar-refractivity contribution in [1.82, 2.24) is 5.32 Å². The van der Waals surface area contributed by atoms with Crippen molar-refractivity contribution < 1.29 is 4.39 Å². The molecule has 2 atom stereocenters. The van der Waals surface area contributed by atoms with Gasteiger partial charge in [-0.2, -0.15) is 11.8 Å². The predicted octanol–water partition coefficient (Wildman–Crippen LogP) is 3.24. The van der Waals surface area contributed by atoms with E-state index in [1.165, 1.54) is 31.1 Å². The average Bonchev–Trinajstić information content (AvgIpc) is 2.37. The van der Waals surface area contributed by atoms with Gasteiger partial charge in [-0.1, -0.05) is 18.6 Å². The Hall–Kier alpha value is -0.540. The highest BCUT2D eigenvalue weighted by atomic mass is 32.2. The fraction of sp³-hybridized carbons (Fsp3) is 0.571. The van der Waals surface area contributed by atoms with Crippen LogP contribution in [-0.4, -0.2) is 24.1 Å². The molecule has 0 aliphatic carbocycles. The molecule has 94 valence electrons. The van der Waals surface area contributed by atoms with E-state index < -0.39 is 0 Å². The van der Waals surface area contributed by atoms with Crippen LogP contribution in [0.15, 0.2) is 24.3 Å². The highest BCUT2D eigenvalue weighted by Gasteiger charge is 2.23. The fourth-order valence-corrected chi connectivity index (χ4v) is 3.89. The zero-order valence-corrected chi connectivity index (χ0v) is 11.1. The molecule has 1 heterocycles. The van der Waals surface area contributed by atoms with E-state index in [9.17, 15) is 4.39 Å². The van der Waals surface area contributed by atoms with Gasteiger partial charge >= 0.3 is 0 Å². The molecular weight excluding hydrogens is 233 g/mol. The molecule has 0 amide bonds. The minimum atomic E-state index is -0.131. The normalized spacial score (nSPS) is 22.4.